The van der Waals surface area contributed by atoms with Crippen LogP contribution in [0, 0.1) is 0 Å². The van der Waals surface area contributed by atoms with E-state index in [9.17, 15) is 0 Å². The molecule has 0 aliphatic heterocycles. The fraction of sp³-hybridized carbons (Fsp3) is 0.643. The van der Waals surface area contributed by atoms with Crippen LogP contribution in [0.2, 0.25) is 0 Å². The molecule has 2 rings (SSSR count). The van der Waals surface area contributed by atoms with E-state index in [4.69, 9.17) is 0 Å². The molecule has 0 radical (unpaired) electrons. The molecule has 0 N–H and O–H groups in total. The maximum atomic E-state index is 4.31. The topological polar surface area (TPSA) is 12.9 Å². The maximum absolute atomic E-state index is 4.31. The molecule has 1 atom stereocenters. The molecule has 16 heavy (non-hydrogen) atoms. The Morgan fingerprint density at radius 1 is 1.25 bits per heavy atom. The van der Waals surface area contributed by atoms with Crippen LogP contribution in [-0.2, 0) is 0 Å². The molecule has 1 fully saturated rings. The van der Waals surface area contributed by atoms with Crippen molar-refractivity contribution >= 4 is 13.2 Å². The van der Waals surface area contributed by atoms with Gasteiger partial charge in [-0.3, -0.25) is 4.98 Å². The van der Waals surface area contributed by atoms with E-state index in [0.717, 1.165) is 5.66 Å². The van der Waals surface area contributed by atoms with Gasteiger partial charge >= 0.3 is 0 Å². The second kappa shape index (κ2) is 4.84. The van der Waals surface area contributed by atoms with Gasteiger partial charge < -0.3 is 0 Å². The summed E-state index contributed by atoms with van der Waals surface area (Å²) in [6, 6.07) is 4.37. The lowest BCUT2D eigenvalue weighted by molar-refractivity contribution is 0.758. The van der Waals surface area contributed by atoms with Gasteiger partial charge in [0.05, 0.1) is 0 Å². The second-order valence-corrected chi connectivity index (χ2v) is 9.02. The van der Waals surface area contributed by atoms with Crippen molar-refractivity contribution in [3.05, 3.63) is 24.5 Å². The summed E-state index contributed by atoms with van der Waals surface area (Å²) < 4.78 is 0. The maximum Gasteiger partial charge on any atom is 0.0345 e. The Kier molecular flexibility index (Phi) is 3.64. The largest absolute Gasteiger partial charge is 0.264 e. The van der Waals surface area contributed by atoms with Crippen LogP contribution >= 0.6 is 7.92 Å². The Morgan fingerprint density at radius 3 is 2.44 bits per heavy atom. The molecule has 1 nitrogen and oxygen atoms in total. The average Bonchev–Trinajstić information content (AvgIpc) is 2.71. The minimum atomic E-state index is -0.0604. The van der Waals surface area contributed by atoms with E-state index in [-0.39, 0.29) is 7.92 Å². The Hall–Kier alpha value is -0.420. The van der Waals surface area contributed by atoms with Crippen LogP contribution in [0.3, 0.4) is 0 Å². The van der Waals surface area contributed by atoms with E-state index < -0.39 is 0 Å². The van der Waals surface area contributed by atoms with Crippen molar-refractivity contribution in [2.75, 3.05) is 0 Å². The lowest BCUT2D eigenvalue weighted by atomic mass is 10.2. The number of rotatable bonds is 2. The van der Waals surface area contributed by atoms with Crippen molar-refractivity contribution < 1.29 is 0 Å². The van der Waals surface area contributed by atoms with Crippen LogP contribution in [0.5, 0.6) is 0 Å². The second-order valence-electron chi connectivity index (χ2n) is 5.69. The van der Waals surface area contributed by atoms with Gasteiger partial charge in [0, 0.05) is 12.4 Å². The average molecular weight is 235 g/mol. The summed E-state index contributed by atoms with van der Waals surface area (Å²) in [5.74, 6) is 0. The van der Waals surface area contributed by atoms with Gasteiger partial charge in [-0.15, -0.1) is 0 Å². The number of hydrogen-bond donors (Lipinski definition) is 0. The van der Waals surface area contributed by atoms with Gasteiger partial charge in [0.25, 0.3) is 0 Å². The summed E-state index contributed by atoms with van der Waals surface area (Å²) in [7, 11) is -0.0604. The summed E-state index contributed by atoms with van der Waals surface area (Å²) in [6.45, 7) is 7.18. The highest BCUT2D eigenvalue weighted by atomic mass is 31.1. The van der Waals surface area contributed by atoms with Gasteiger partial charge in [0.1, 0.15) is 0 Å². The summed E-state index contributed by atoms with van der Waals surface area (Å²) in [6.07, 6.45) is 9.69. The first kappa shape index (κ1) is 12.0. The first-order valence-electron chi connectivity index (χ1n) is 6.28. The molecule has 1 unspecified atom stereocenters. The highest BCUT2D eigenvalue weighted by Gasteiger charge is 2.34. The molecule has 0 bridgehead atoms. The SMILES string of the molecule is CC(C)(C)P(c1cccnc1)C1CCCC1. The molecule has 1 heterocycles. The molecule has 1 aromatic heterocycles. The Labute approximate surface area is 100 Å². The van der Waals surface area contributed by atoms with Crippen molar-refractivity contribution in [3.8, 4) is 0 Å². The Bertz CT molecular complexity index is 322. The number of hydrogen-bond acceptors (Lipinski definition) is 1. The van der Waals surface area contributed by atoms with Crippen molar-refractivity contribution in [3.63, 3.8) is 0 Å². The van der Waals surface area contributed by atoms with Crippen LogP contribution in [0.4, 0.5) is 0 Å². The third-order valence-corrected chi connectivity index (χ3v) is 6.85. The molecule has 1 aliphatic rings. The highest BCUT2D eigenvalue weighted by molar-refractivity contribution is 7.67. The summed E-state index contributed by atoms with van der Waals surface area (Å²) in [5, 5.41) is 1.91. The lowest BCUT2D eigenvalue weighted by Crippen LogP contribution is -2.25. The predicted molar refractivity (Wildman–Crippen MR) is 72.8 cm³/mol. The van der Waals surface area contributed by atoms with Crippen LogP contribution in [0.25, 0.3) is 0 Å². The number of aromatic nitrogens is 1. The van der Waals surface area contributed by atoms with E-state index in [1.165, 1.54) is 31.0 Å². The van der Waals surface area contributed by atoms with E-state index in [1.54, 1.807) is 0 Å². The van der Waals surface area contributed by atoms with Gasteiger partial charge in [-0.05, 0) is 35.0 Å². The van der Waals surface area contributed by atoms with Gasteiger partial charge in [0.2, 0.25) is 0 Å². The molecule has 0 aromatic carbocycles. The fourth-order valence-electron chi connectivity index (χ4n) is 2.80. The monoisotopic (exact) mass is 235 g/mol. The Balaban J connectivity index is 2.28. The smallest absolute Gasteiger partial charge is 0.0345 e. The zero-order valence-corrected chi connectivity index (χ0v) is 11.5. The van der Waals surface area contributed by atoms with E-state index in [0.29, 0.717) is 5.16 Å². The standard InChI is InChI=1S/C14H22NP/c1-14(2,3)16(12-7-4-5-8-12)13-9-6-10-15-11-13/h6,9-12H,4-5,7-8H2,1-3H3. The van der Waals surface area contributed by atoms with Crippen molar-refractivity contribution in [2.24, 2.45) is 0 Å². The number of nitrogens with zero attached hydrogens (tertiary/aromatic N) is 1. The quantitative estimate of drug-likeness (QED) is 0.708. The molecule has 1 saturated carbocycles. The van der Waals surface area contributed by atoms with Gasteiger partial charge in [-0.25, -0.2) is 0 Å². The lowest BCUT2D eigenvalue weighted by Gasteiger charge is -2.36. The molecule has 2 heteroatoms. The number of pyridine rings is 1. The normalized spacial score (nSPS) is 19.9. The highest BCUT2D eigenvalue weighted by Crippen LogP contribution is 2.56. The van der Waals surface area contributed by atoms with E-state index >= 15 is 0 Å². The Morgan fingerprint density at radius 2 is 1.94 bits per heavy atom. The zero-order chi connectivity index (χ0) is 11.6. The van der Waals surface area contributed by atoms with Gasteiger partial charge in [-0.1, -0.05) is 47.6 Å². The van der Waals surface area contributed by atoms with E-state index in [1.807, 2.05) is 6.20 Å². The minimum absolute atomic E-state index is 0.0604. The summed E-state index contributed by atoms with van der Waals surface area (Å²) >= 11 is 0. The van der Waals surface area contributed by atoms with Crippen LogP contribution in [0.15, 0.2) is 24.5 Å². The third-order valence-electron chi connectivity index (χ3n) is 3.34. The summed E-state index contributed by atoms with van der Waals surface area (Å²) in [5.41, 5.74) is 0.930. The zero-order valence-electron chi connectivity index (χ0n) is 10.6. The predicted octanol–water partition coefficient (Wildman–Crippen LogP) is 3.93. The van der Waals surface area contributed by atoms with Crippen LogP contribution in [-0.4, -0.2) is 15.8 Å². The van der Waals surface area contributed by atoms with Crippen LogP contribution in [0.1, 0.15) is 46.5 Å². The first-order valence-corrected chi connectivity index (χ1v) is 7.69. The molecule has 1 aromatic rings. The molecule has 0 spiro atoms. The van der Waals surface area contributed by atoms with Crippen molar-refractivity contribution in [1.82, 2.24) is 4.98 Å². The van der Waals surface area contributed by atoms with E-state index in [2.05, 4.69) is 44.1 Å². The fourth-order valence-corrected chi connectivity index (χ4v) is 6.42. The third kappa shape index (κ3) is 2.63. The molecule has 88 valence electrons. The van der Waals surface area contributed by atoms with Gasteiger partial charge in [-0.2, -0.15) is 0 Å². The molecular weight excluding hydrogens is 213 g/mol. The molecular formula is C14H22NP. The van der Waals surface area contributed by atoms with Crippen molar-refractivity contribution in [2.45, 2.75) is 57.3 Å². The van der Waals surface area contributed by atoms with Gasteiger partial charge in [0.15, 0.2) is 0 Å². The molecule has 0 saturated heterocycles. The van der Waals surface area contributed by atoms with Crippen molar-refractivity contribution in [1.29, 1.82) is 0 Å². The molecule has 1 aliphatic carbocycles. The van der Waals surface area contributed by atoms with Crippen LogP contribution < -0.4 is 5.30 Å². The minimum Gasteiger partial charge on any atom is -0.264 e. The summed E-state index contributed by atoms with van der Waals surface area (Å²) in [4.78, 5) is 4.31. The first-order chi connectivity index (χ1) is 7.59. The molecule has 0 amide bonds.